The van der Waals surface area contributed by atoms with E-state index in [1.165, 1.54) is 87.4 Å². The predicted molar refractivity (Wildman–Crippen MR) is 172 cm³/mol. The topological polar surface area (TPSA) is 8.29 Å². The Morgan fingerprint density at radius 2 is 1.51 bits per heavy atom. The van der Waals surface area contributed by atoms with Crippen LogP contribution in [0.2, 0.25) is 0 Å². The lowest BCUT2D eigenvalue weighted by atomic mass is 9.47. The number of pyridine rings is 1. The van der Waals surface area contributed by atoms with Gasteiger partial charge in [-0.05, 0) is 72.2 Å². The fraction of sp³-hybridized carbons (Fsp3) is 0.308. The summed E-state index contributed by atoms with van der Waals surface area (Å²) in [5.41, 5.74) is 12.7. The second-order valence-electron chi connectivity index (χ2n) is 12.4. The Morgan fingerprint density at radius 1 is 0.732 bits per heavy atom. The summed E-state index contributed by atoms with van der Waals surface area (Å²) in [5, 5.41) is 2.87. The third kappa shape index (κ3) is 3.06. The average molecular weight is 536 g/mol. The molecule has 1 aliphatic carbocycles. The Balaban J connectivity index is 1.61. The lowest BCUT2D eigenvalue weighted by Gasteiger charge is -2.59. The van der Waals surface area contributed by atoms with Crippen molar-refractivity contribution in [3.8, 4) is 22.3 Å². The molecule has 4 aromatic carbocycles. The van der Waals surface area contributed by atoms with Gasteiger partial charge in [0.25, 0.3) is 5.65 Å². The molecule has 2 atom stereocenters. The SMILES string of the molecule is CCCCc1ccc(-c2c(-c3ccccc3)c3c4c5c(cccc25)C2(CC)CCC2(CC)[n+]4c2ccccn32)cc1. The largest absolute Gasteiger partial charge is 0.287 e. The van der Waals surface area contributed by atoms with Gasteiger partial charge in [0.15, 0.2) is 11.0 Å². The van der Waals surface area contributed by atoms with E-state index >= 15 is 0 Å². The number of hydrogen-bond acceptors (Lipinski definition) is 0. The molecule has 0 saturated heterocycles. The molecule has 2 unspecified atom stereocenters. The summed E-state index contributed by atoms with van der Waals surface area (Å²) in [6.07, 6.45) is 10.7. The Bertz CT molecular complexity index is 1940. The first-order valence-corrected chi connectivity index (χ1v) is 15.8. The van der Waals surface area contributed by atoms with Crippen molar-refractivity contribution in [1.29, 1.82) is 0 Å². The number of rotatable bonds is 7. The molecule has 2 aromatic heterocycles. The van der Waals surface area contributed by atoms with Crippen molar-refractivity contribution in [3.63, 3.8) is 0 Å². The number of nitrogens with zero attached hydrogens (tertiary/aromatic N) is 2. The Morgan fingerprint density at radius 3 is 2.22 bits per heavy atom. The molecule has 3 heterocycles. The number of benzene rings is 4. The van der Waals surface area contributed by atoms with Gasteiger partial charge < -0.3 is 0 Å². The molecule has 1 aliphatic heterocycles. The smallest absolute Gasteiger partial charge is 0.216 e. The second kappa shape index (κ2) is 9.05. The molecule has 0 radical (unpaired) electrons. The highest BCUT2D eigenvalue weighted by atomic mass is 15.2. The van der Waals surface area contributed by atoms with Crippen LogP contribution in [0.5, 0.6) is 0 Å². The van der Waals surface area contributed by atoms with Gasteiger partial charge in [-0.15, -0.1) is 0 Å². The Kier molecular flexibility index (Phi) is 5.48. The van der Waals surface area contributed by atoms with Crippen LogP contribution in [-0.2, 0) is 17.4 Å². The van der Waals surface area contributed by atoms with Gasteiger partial charge in [0, 0.05) is 28.0 Å². The summed E-state index contributed by atoms with van der Waals surface area (Å²) in [6.45, 7) is 7.13. The average Bonchev–Trinajstić information content (AvgIpc) is 3.36. The highest BCUT2D eigenvalue weighted by Gasteiger charge is 2.66. The van der Waals surface area contributed by atoms with Crippen molar-refractivity contribution in [2.45, 2.75) is 76.7 Å². The third-order valence-corrected chi connectivity index (χ3v) is 10.9. The molecule has 0 spiro atoms. The van der Waals surface area contributed by atoms with E-state index in [4.69, 9.17) is 0 Å². The van der Waals surface area contributed by atoms with Crippen LogP contribution < -0.4 is 4.57 Å². The van der Waals surface area contributed by atoms with Crippen LogP contribution >= 0.6 is 0 Å². The summed E-state index contributed by atoms with van der Waals surface area (Å²) in [4.78, 5) is 0. The van der Waals surface area contributed by atoms with Crippen LogP contribution in [0.25, 0.3) is 49.7 Å². The number of unbranched alkanes of at least 4 members (excludes halogenated alkanes) is 1. The molecule has 8 rings (SSSR count). The van der Waals surface area contributed by atoms with Gasteiger partial charge in [-0.1, -0.05) is 106 Å². The summed E-state index contributed by atoms with van der Waals surface area (Å²) >= 11 is 0. The zero-order chi connectivity index (χ0) is 27.8. The molecule has 204 valence electrons. The molecule has 2 heteroatoms. The van der Waals surface area contributed by atoms with Crippen LogP contribution in [0.3, 0.4) is 0 Å². The first kappa shape index (κ1) is 24.9. The van der Waals surface area contributed by atoms with Crippen molar-refractivity contribution in [3.05, 3.63) is 108 Å². The zero-order valence-electron chi connectivity index (χ0n) is 24.6. The van der Waals surface area contributed by atoms with Crippen LogP contribution in [0.15, 0.2) is 97.2 Å². The van der Waals surface area contributed by atoms with E-state index in [0.29, 0.717) is 0 Å². The zero-order valence-corrected chi connectivity index (χ0v) is 24.6. The van der Waals surface area contributed by atoms with E-state index in [0.717, 1.165) is 12.8 Å². The summed E-state index contributed by atoms with van der Waals surface area (Å²) in [7, 11) is 0. The summed E-state index contributed by atoms with van der Waals surface area (Å²) in [6, 6.07) is 34.6. The molecule has 41 heavy (non-hydrogen) atoms. The molecule has 1 fully saturated rings. The third-order valence-electron chi connectivity index (χ3n) is 10.9. The minimum absolute atomic E-state index is 0.105. The minimum atomic E-state index is 0.105. The highest BCUT2D eigenvalue weighted by molar-refractivity contribution is 6.20. The maximum absolute atomic E-state index is 2.80. The Hall–Kier alpha value is -3.91. The van der Waals surface area contributed by atoms with E-state index < -0.39 is 0 Å². The molecule has 2 nitrogen and oxygen atoms in total. The minimum Gasteiger partial charge on any atom is -0.216 e. The van der Waals surface area contributed by atoms with E-state index in [2.05, 4.69) is 127 Å². The molecular formula is C39H39N2+. The maximum Gasteiger partial charge on any atom is 0.287 e. The highest BCUT2D eigenvalue weighted by Crippen LogP contribution is 2.63. The molecule has 1 saturated carbocycles. The van der Waals surface area contributed by atoms with Crippen molar-refractivity contribution in [1.82, 2.24) is 4.40 Å². The van der Waals surface area contributed by atoms with Gasteiger partial charge in [-0.3, -0.25) is 0 Å². The van der Waals surface area contributed by atoms with E-state index in [1.807, 2.05) is 0 Å². The van der Waals surface area contributed by atoms with E-state index in [-0.39, 0.29) is 11.0 Å². The molecule has 6 aromatic rings. The molecule has 0 bridgehead atoms. The fourth-order valence-electron chi connectivity index (χ4n) is 8.91. The van der Waals surface area contributed by atoms with E-state index in [1.54, 1.807) is 5.56 Å². The summed E-state index contributed by atoms with van der Waals surface area (Å²) in [5.74, 6) is 0. The van der Waals surface area contributed by atoms with Crippen LogP contribution in [0, 0.1) is 0 Å². The van der Waals surface area contributed by atoms with Crippen LogP contribution in [0.1, 0.15) is 70.4 Å². The lowest BCUT2D eigenvalue weighted by Crippen LogP contribution is -2.74. The first-order chi connectivity index (χ1) is 20.2. The molecule has 2 aliphatic rings. The molecule has 0 N–H and O–H groups in total. The Labute approximate surface area is 243 Å². The lowest BCUT2D eigenvalue weighted by molar-refractivity contribution is -0.748. The second-order valence-corrected chi connectivity index (χ2v) is 12.4. The maximum atomic E-state index is 2.80. The predicted octanol–water partition coefficient (Wildman–Crippen LogP) is 9.77. The van der Waals surface area contributed by atoms with Crippen molar-refractivity contribution in [2.75, 3.05) is 0 Å². The fourth-order valence-corrected chi connectivity index (χ4v) is 8.91. The first-order valence-electron chi connectivity index (χ1n) is 15.8. The number of aryl methyl sites for hydroxylation is 1. The number of imidazole rings is 1. The molecular weight excluding hydrogens is 496 g/mol. The van der Waals surface area contributed by atoms with Gasteiger partial charge >= 0.3 is 0 Å². The van der Waals surface area contributed by atoms with Gasteiger partial charge in [-0.2, -0.15) is 4.40 Å². The van der Waals surface area contributed by atoms with Crippen LogP contribution in [0.4, 0.5) is 0 Å². The van der Waals surface area contributed by atoms with E-state index in [9.17, 15) is 0 Å². The standard InChI is InChI=1S/C39H39N2/c1-4-7-14-27-20-22-29(23-21-27)33-30-17-13-18-31-35(30)37-36(34(33)28-15-9-8-10-16-28)40-26-12-11-19-32(40)41(37)39(6-3)25-24-38(31,39)5-2/h8-13,15-23,26H,4-7,14,24-25H2,1-3H3/q+1. The van der Waals surface area contributed by atoms with Gasteiger partial charge in [0.05, 0.1) is 6.20 Å². The van der Waals surface area contributed by atoms with Gasteiger partial charge in [0.1, 0.15) is 5.54 Å². The molecule has 0 amide bonds. The number of hydrogen-bond donors (Lipinski definition) is 0. The number of aromatic nitrogens is 2. The monoisotopic (exact) mass is 535 g/mol. The van der Waals surface area contributed by atoms with Crippen molar-refractivity contribution in [2.24, 2.45) is 0 Å². The van der Waals surface area contributed by atoms with Crippen LogP contribution in [-0.4, -0.2) is 4.40 Å². The normalized spacial score (nSPS) is 21.0. The van der Waals surface area contributed by atoms with Gasteiger partial charge in [-0.25, -0.2) is 4.57 Å². The van der Waals surface area contributed by atoms with Crippen molar-refractivity contribution < 1.29 is 4.57 Å². The quantitative estimate of drug-likeness (QED) is 0.180. The summed E-state index contributed by atoms with van der Waals surface area (Å²) < 4.78 is 5.31. The van der Waals surface area contributed by atoms with Crippen molar-refractivity contribution >= 4 is 27.5 Å². The van der Waals surface area contributed by atoms with Gasteiger partial charge in [0.2, 0.25) is 0 Å². The number of fused-ring (bicyclic) bond motifs is 6.